The Balaban J connectivity index is 0.904. The zero-order valence-corrected chi connectivity index (χ0v) is 46.3. The number of hydrogen-bond donors (Lipinski definition) is 0. The molecule has 0 amide bonds. The summed E-state index contributed by atoms with van der Waals surface area (Å²) in [5.41, 5.74) is 18.4. The zero-order valence-electron chi connectivity index (χ0n) is 46.3. The van der Waals surface area contributed by atoms with Gasteiger partial charge in [0.1, 0.15) is 0 Å². The van der Waals surface area contributed by atoms with Gasteiger partial charge in [-0.25, -0.2) is 15.0 Å². The molecule has 2 unspecified atom stereocenters. The van der Waals surface area contributed by atoms with Crippen LogP contribution in [0.2, 0.25) is 0 Å². The lowest BCUT2D eigenvalue weighted by atomic mass is 9.80. The average molecular weight is 1050 g/mol. The van der Waals surface area contributed by atoms with Gasteiger partial charge < -0.3 is 13.7 Å². The van der Waals surface area contributed by atoms with Crippen LogP contribution < -0.4 is 0 Å². The van der Waals surface area contributed by atoms with Gasteiger partial charge in [0, 0.05) is 72.0 Å². The quantitative estimate of drug-likeness (QED) is 0.137. The van der Waals surface area contributed by atoms with Crippen LogP contribution in [-0.4, -0.2) is 28.7 Å². The molecule has 0 spiro atoms. The molecule has 0 N–H and O–H groups in total. The first kappa shape index (κ1) is 48.7. The first-order valence-electron chi connectivity index (χ1n) is 28.8. The van der Waals surface area contributed by atoms with Crippen molar-refractivity contribution in [2.24, 2.45) is 11.8 Å². The van der Waals surface area contributed by atoms with Crippen molar-refractivity contribution in [3.63, 3.8) is 0 Å². The first-order chi connectivity index (χ1) is 39.7. The van der Waals surface area contributed by atoms with Crippen LogP contribution in [0.1, 0.15) is 74.2 Å². The summed E-state index contributed by atoms with van der Waals surface area (Å²) in [5.74, 6) is 2.84. The number of allylic oxidation sites excluding steroid dienone is 6. The summed E-state index contributed by atoms with van der Waals surface area (Å²) in [6.45, 7) is 9.69. The van der Waals surface area contributed by atoms with Crippen molar-refractivity contribution in [3.05, 3.63) is 264 Å². The molecule has 15 rings (SSSR count). The molecule has 6 heteroatoms. The highest BCUT2D eigenvalue weighted by Gasteiger charge is 2.35. The molecule has 0 fully saturated rings. The molecule has 0 aliphatic heterocycles. The maximum atomic E-state index is 5.09. The Bertz CT molecular complexity index is 4500. The first-order valence-corrected chi connectivity index (χ1v) is 28.8. The Morgan fingerprint density at radius 2 is 0.951 bits per heavy atom. The number of fused-ring (bicyclic) bond motifs is 9. The number of hydrogen-bond acceptors (Lipinski definition) is 3. The molecule has 81 heavy (non-hydrogen) atoms. The highest BCUT2D eigenvalue weighted by Crippen LogP contribution is 2.46. The van der Waals surface area contributed by atoms with Crippen molar-refractivity contribution < 1.29 is 0 Å². The van der Waals surface area contributed by atoms with E-state index in [0.29, 0.717) is 29.3 Å². The van der Waals surface area contributed by atoms with E-state index in [0.717, 1.165) is 59.1 Å². The number of para-hydroxylation sites is 1. The monoisotopic (exact) mass is 1050 g/mol. The second-order valence-corrected chi connectivity index (χ2v) is 23.4. The summed E-state index contributed by atoms with van der Waals surface area (Å²) >= 11 is 0. The van der Waals surface area contributed by atoms with E-state index in [1.807, 2.05) is 36.4 Å². The van der Waals surface area contributed by atoms with Gasteiger partial charge in [0.2, 0.25) is 0 Å². The predicted octanol–water partition coefficient (Wildman–Crippen LogP) is 18.4. The average Bonchev–Trinajstić information content (AvgIpc) is 4.34. The Kier molecular flexibility index (Phi) is 11.5. The third kappa shape index (κ3) is 8.10. The van der Waals surface area contributed by atoms with Gasteiger partial charge >= 0.3 is 0 Å². The third-order valence-electron chi connectivity index (χ3n) is 17.9. The van der Waals surface area contributed by atoms with E-state index in [4.69, 9.17) is 15.0 Å². The summed E-state index contributed by atoms with van der Waals surface area (Å²) in [6.07, 6.45) is 22.9. The summed E-state index contributed by atoms with van der Waals surface area (Å²) in [4.78, 5) is 15.2. The molecule has 0 radical (unpaired) electrons. The maximum absolute atomic E-state index is 5.09. The molecule has 0 saturated carbocycles. The fourth-order valence-electron chi connectivity index (χ4n) is 13.8. The maximum Gasteiger partial charge on any atom is 0.164 e. The number of rotatable bonds is 10. The Morgan fingerprint density at radius 1 is 0.407 bits per heavy atom. The van der Waals surface area contributed by atoms with Gasteiger partial charge in [-0.1, -0.05) is 182 Å². The molecule has 3 aliphatic rings. The molecule has 6 nitrogen and oxygen atoms in total. The van der Waals surface area contributed by atoms with Crippen molar-refractivity contribution in [3.8, 4) is 51.0 Å². The lowest BCUT2D eigenvalue weighted by molar-refractivity contribution is 0.406. The van der Waals surface area contributed by atoms with Crippen LogP contribution >= 0.6 is 0 Å². The summed E-state index contributed by atoms with van der Waals surface area (Å²) < 4.78 is 7.80. The van der Waals surface area contributed by atoms with Gasteiger partial charge in [0.25, 0.3) is 0 Å². The molecule has 3 aliphatic carbocycles. The molecule has 4 heterocycles. The summed E-state index contributed by atoms with van der Waals surface area (Å²) in [6, 6.07) is 70.6. The molecule has 392 valence electrons. The number of nitrogens with zero attached hydrogens (tertiary/aromatic N) is 6. The van der Waals surface area contributed by atoms with Crippen molar-refractivity contribution in [2.45, 2.75) is 64.5 Å². The molecular weight excluding hydrogens is 985 g/mol. The van der Waals surface area contributed by atoms with Crippen LogP contribution in [0.25, 0.3) is 107 Å². The smallest absolute Gasteiger partial charge is 0.164 e. The van der Waals surface area contributed by atoms with Gasteiger partial charge in [-0.2, -0.15) is 0 Å². The molecule has 8 aromatic carbocycles. The third-order valence-corrected chi connectivity index (χ3v) is 17.9. The second kappa shape index (κ2) is 19.2. The topological polar surface area (TPSA) is 53.5 Å². The van der Waals surface area contributed by atoms with Crippen molar-refractivity contribution in [1.82, 2.24) is 28.7 Å². The fraction of sp³-hybridized carbons (Fsp3) is 0.160. The normalized spacial score (nSPS) is 16.0. The van der Waals surface area contributed by atoms with E-state index < -0.39 is 11.1 Å². The van der Waals surface area contributed by atoms with Gasteiger partial charge in [-0.15, -0.1) is 0 Å². The van der Waals surface area contributed by atoms with Crippen molar-refractivity contribution in [2.75, 3.05) is 0 Å². The SMILES string of the molecule is CC(C)(c1ccc2c(c1)c1cc(C(C)(C)n3c4c(c5ccccc53)C=CC(C3C=CC=CC3)C4)ccc1n2-c1ccc(-c2nc(-c3ccccc3)nc(-c3ccccc3)n2)cc1)n1c2c(c3ccc(-c4ccccc4)cc31)C=CCC2. The van der Waals surface area contributed by atoms with E-state index in [-0.39, 0.29) is 0 Å². The predicted molar refractivity (Wildman–Crippen MR) is 337 cm³/mol. The largest absolute Gasteiger partial charge is 0.334 e. The van der Waals surface area contributed by atoms with E-state index in [9.17, 15) is 0 Å². The number of aromatic nitrogens is 6. The van der Waals surface area contributed by atoms with Crippen molar-refractivity contribution >= 4 is 55.8 Å². The van der Waals surface area contributed by atoms with Gasteiger partial charge in [0.05, 0.1) is 27.6 Å². The molecule has 4 aromatic heterocycles. The minimum absolute atomic E-state index is 0.402. The summed E-state index contributed by atoms with van der Waals surface area (Å²) in [7, 11) is 0. The van der Waals surface area contributed by atoms with Gasteiger partial charge in [-0.05, 0) is 148 Å². The Hall–Kier alpha value is -9.39. The standard InChI is InChI=1S/C75H62N6/c1-74(2,80-67-31-19-17-29-59(67)61-41-35-54(45-69(61)80)49-21-9-5-10-22-49)56-37-43-65-63(47-56)64-48-57(75(3,4)81-68-32-20-18-30-60(68)62-42-36-55(46-70(62)81)50-23-11-6-12-24-50)38-44-66(64)79(65)58-39-33-53(34-40-58)73-77-71(51-25-13-7-14-26-51)76-72(78-73)52-27-15-8-16-28-52/h5-19,21,23-31,33-44,46-49,54H,20,22,32,45H2,1-4H3. The van der Waals surface area contributed by atoms with Crippen LogP contribution in [0, 0.1) is 11.8 Å². The van der Waals surface area contributed by atoms with E-state index in [1.165, 1.54) is 77.3 Å². The van der Waals surface area contributed by atoms with Crippen molar-refractivity contribution in [1.29, 1.82) is 0 Å². The Morgan fingerprint density at radius 3 is 1.57 bits per heavy atom. The molecule has 0 saturated heterocycles. The highest BCUT2D eigenvalue weighted by molar-refractivity contribution is 6.10. The lowest BCUT2D eigenvalue weighted by Crippen LogP contribution is -2.31. The van der Waals surface area contributed by atoms with Crippen LogP contribution in [-0.2, 0) is 23.9 Å². The van der Waals surface area contributed by atoms with Crippen LogP contribution in [0.3, 0.4) is 0 Å². The van der Waals surface area contributed by atoms with E-state index in [2.05, 4.69) is 248 Å². The van der Waals surface area contributed by atoms with Gasteiger partial charge in [-0.3, -0.25) is 0 Å². The highest BCUT2D eigenvalue weighted by atomic mass is 15.1. The molecular formula is C75H62N6. The van der Waals surface area contributed by atoms with E-state index in [1.54, 1.807) is 0 Å². The Labute approximate surface area is 473 Å². The second-order valence-electron chi connectivity index (χ2n) is 23.4. The zero-order chi connectivity index (χ0) is 54.4. The van der Waals surface area contributed by atoms with Crippen LogP contribution in [0.5, 0.6) is 0 Å². The van der Waals surface area contributed by atoms with E-state index >= 15 is 0 Å². The minimum Gasteiger partial charge on any atom is -0.334 e. The van der Waals surface area contributed by atoms with Crippen LogP contribution in [0.15, 0.2) is 231 Å². The fourth-order valence-corrected chi connectivity index (χ4v) is 13.8. The lowest BCUT2D eigenvalue weighted by Gasteiger charge is -2.34. The molecule has 2 atom stereocenters. The molecule has 0 bridgehead atoms. The number of benzene rings is 8. The molecule has 12 aromatic rings. The summed E-state index contributed by atoms with van der Waals surface area (Å²) in [5, 5.41) is 5.08. The minimum atomic E-state index is -0.411. The van der Waals surface area contributed by atoms with Crippen LogP contribution in [0.4, 0.5) is 0 Å². The van der Waals surface area contributed by atoms with Gasteiger partial charge in [0.15, 0.2) is 17.5 Å².